The lowest BCUT2D eigenvalue weighted by Gasteiger charge is -2.37. The lowest BCUT2D eigenvalue weighted by Crippen LogP contribution is -2.46. The summed E-state index contributed by atoms with van der Waals surface area (Å²) in [5, 5.41) is 0. The van der Waals surface area contributed by atoms with Gasteiger partial charge in [0.25, 0.3) is 0 Å². The van der Waals surface area contributed by atoms with Crippen LogP contribution < -0.4 is 0 Å². The van der Waals surface area contributed by atoms with Gasteiger partial charge in [0.05, 0.1) is 11.3 Å². The maximum atomic E-state index is 12.7. The summed E-state index contributed by atoms with van der Waals surface area (Å²) in [4.78, 5) is 25.0. The third kappa shape index (κ3) is 1.28. The van der Waals surface area contributed by atoms with Gasteiger partial charge in [0.15, 0.2) is 0 Å². The summed E-state index contributed by atoms with van der Waals surface area (Å²) < 4.78 is 11.7. The number of ketones is 1. The fourth-order valence-corrected chi connectivity index (χ4v) is 5.52. The summed E-state index contributed by atoms with van der Waals surface area (Å²) in [6.07, 6.45) is 1.97. The molecule has 0 aromatic heterocycles. The molecule has 0 aromatic carbocycles. The van der Waals surface area contributed by atoms with Crippen molar-refractivity contribution in [2.75, 3.05) is 0 Å². The molecule has 2 heterocycles. The SMILES string of the molecule is C=C1O[C@@H]2[C@H]3[C@H](C[C@@H](C)[C@@H]4CCC(=O)[C@@]24C)OC(=O)[C@@]13C. The standard InChI is InChI=1S/C17H22O4/c1-8-7-11-13-14(17(4)10(8)5-6-12(17)18)20-9(2)16(13,3)15(19)21-11/h8,10-11,13-14H,2,5-7H2,1,3-4H3/t8-,10+,11+,13-,14-,16+,17+/m1/s1. The Kier molecular flexibility index (Phi) is 2.36. The summed E-state index contributed by atoms with van der Waals surface area (Å²) in [5.41, 5.74) is -1.29. The van der Waals surface area contributed by atoms with Gasteiger partial charge in [-0.2, -0.15) is 0 Å². The molecule has 7 atom stereocenters. The minimum Gasteiger partial charge on any atom is -0.493 e. The molecule has 0 radical (unpaired) electrons. The Morgan fingerprint density at radius 3 is 2.67 bits per heavy atom. The predicted octanol–water partition coefficient (Wildman–Crippen LogP) is 2.47. The smallest absolute Gasteiger partial charge is 0.320 e. The lowest BCUT2D eigenvalue weighted by molar-refractivity contribution is -0.148. The molecule has 4 aliphatic rings. The van der Waals surface area contributed by atoms with E-state index < -0.39 is 10.8 Å². The third-order valence-corrected chi connectivity index (χ3v) is 6.86. The highest BCUT2D eigenvalue weighted by Gasteiger charge is 2.72. The van der Waals surface area contributed by atoms with Crippen molar-refractivity contribution in [1.29, 1.82) is 0 Å². The van der Waals surface area contributed by atoms with Crippen LogP contribution >= 0.6 is 0 Å². The van der Waals surface area contributed by atoms with Crippen LogP contribution in [0, 0.1) is 28.6 Å². The second-order valence-electron chi connectivity index (χ2n) is 7.70. The monoisotopic (exact) mass is 290 g/mol. The highest BCUT2D eigenvalue weighted by Crippen LogP contribution is 2.64. The van der Waals surface area contributed by atoms with E-state index in [2.05, 4.69) is 13.5 Å². The van der Waals surface area contributed by atoms with Crippen LogP contribution in [0.25, 0.3) is 0 Å². The number of hydrogen-bond acceptors (Lipinski definition) is 4. The van der Waals surface area contributed by atoms with Crippen LogP contribution in [0.15, 0.2) is 12.3 Å². The fourth-order valence-electron chi connectivity index (χ4n) is 5.52. The van der Waals surface area contributed by atoms with Gasteiger partial charge < -0.3 is 9.47 Å². The van der Waals surface area contributed by atoms with Crippen LogP contribution in [0.2, 0.25) is 0 Å². The first-order valence-electron chi connectivity index (χ1n) is 7.91. The zero-order valence-corrected chi connectivity index (χ0v) is 12.8. The van der Waals surface area contributed by atoms with Crippen LogP contribution in [-0.2, 0) is 19.1 Å². The fraction of sp³-hybridized carbons (Fsp3) is 0.765. The Labute approximate surface area is 124 Å². The van der Waals surface area contributed by atoms with Crippen molar-refractivity contribution in [3.05, 3.63) is 12.3 Å². The Hall–Kier alpha value is -1.32. The predicted molar refractivity (Wildman–Crippen MR) is 75.1 cm³/mol. The summed E-state index contributed by atoms with van der Waals surface area (Å²) in [6.45, 7) is 10.1. The van der Waals surface area contributed by atoms with Crippen LogP contribution in [0.4, 0.5) is 0 Å². The molecule has 4 heteroatoms. The molecule has 2 saturated heterocycles. The molecule has 2 saturated carbocycles. The number of rotatable bonds is 0. The number of Topliss-reactive ketones (excluding diaryl/α,β-unsaturated/α-hetero) is 1. The second kappa shape index (κ2) is 3.71. The van der Waals surface area contributed by atoms with Gasteiger partial charge in [0.1, 0.15) is 29.2 Å². The van der Waals surface area contributed by atoms with E-state index in [1.165, 1.54) is 0 Å². The number of hydrogen-bond donors (Lipinski definition) is 0. The van der Waals surface area contributed by atoms with Crippen LogP contribution in [0.3, 0.4) is 0 Å². The molecule has 2 aliphatic carbocycles. The molecule has 0 spiro atoms. The van der Waals surface area contributed by atoms with Crippen molar-refractivity contribution >= 4 is 11.8 Å². The molecule has 0 aromatic rings. The van der Waals surface area contributed by atoms with Crippen LogP contribution in [-0.4, -0.2) is 24.0 Å². The zero-order chi connectivity index (χ0) is 15.2. The van der Waals surface area contributed by atoms with Crippen molar-refractivity contribution < 1.29 is 19.1 Å². The number of esters is 1. The van der Waals surface area contributed by atoms with Crippen molar-refractivity contribution in [1.82, 2.24) is 0 Å². The first kappa shape index (κ1) is 13.4. The van der Waals surface area contributed by atoms with E-state index in [0.717, 1.165) is 12.8 Å². The zero-order valence-electron chi connectivity index (χ0n) is 12.8. The molecule has 4 nitrogen and oxygen atoms in total. The van der Waals surface area contributed by atoms with Crippen LogP contribution in [0.1, 0.15) is 40.0 Å². The maximum Gasteiger partial charge on any atom is 0.320 e. The molecule has 4 fully saturated rings. The van der Waals surface area contributed by atoms with Gasteiger partial charge in [-0.3, -0.25) is 9.59 Å². The van der Waals surface area contributed by atoms with Crippen molar-refractivity contribution in [3.8, 4) is 0 Å². The highest BCUT2D eigenvalue weighted by atomic mass is 16.6. The molecule has 21 heavy (non-hydrogen) atoms. The van der Waals surface area contributed by atoms with Gasteiger partial charge in [-0.15, -0.1) is 0 Å². The van der Waals surface area contributed by atoms with E-state index in [9.17, 15) is 9.59 Å². The highest BCUT2D eigenvalue weighted by molar-refractivity contribution is 5.89. The van der Waals surface area contributed by atoms with E-state index >= 15 is 0 Å². The molecule has 2 aliphatic heterocycles. The maximum absolute atomic E-state index is 12.7. The number of fused-ring (bicyclic) bond motifs is 2. The average Bonchev–Trinajstić information content (AvgIpc) is 2.93. The van der Waals surface area contributed by atoms with Gasteiger partial charge in [0, 0.05) is 6.42 Å². The summed E-state index contributed by atoms with van der Waals surface area (Å²) in [6, 6.07) is 0. The van der Waals surface area contributed by atoms with Gasteiger partial charge in [-0.05, 0) is 38.5 Å². The number of carbonyl (C=O) groups excluding carboxylic acids is 2. The normalized spacial score (nSPS) is 54.8. The molecular weight excluding hydrogens is 268 g/mol. The summed E-state index contributed by atoms with van der Waals surface area (Å²) in [5.74, 6) is 1.14. The Balaban J connectivity index is 1.89. The summed E-state index contributed by atoms with van der Waals surface area (Å²) >= 11 is 0. The molecular formula is C17H22O4. The van der Waals surface area contributed by atoms with Gasteiger partial charge in [-0.25, -0.2) is 0 Å². The van der Waals surface area contributed by atoms with Crippen molar-refractivity contribution in [2.45, 2.75) is 52.2 Å². The van der Waals surface area contributed by atoms with E-state index in [4.69, 9.17) is 9.47 Å². The number of carbonyl (C=O) groups is 2. The van der Waals surface area contributed by atoms with Gasteiger partial charge >= 0.3 is 5.97 Å². The van der Waals surface area contributed by atoms with E-state index in [1.54, 1.807) is 0 Å². The van der Waals surface area contributed by atoms with E-state index in [-0.39, 0.29) is 29.9 Å². The first-order chi connectivity index (χ1) is 9.81. The quantitative estimate of drug-likeness (QED) is 0.643. The molecule has 0 amide bonds. The van der Waals surface area contributed by atoms with Gasteiger partial charge in [-0.1, -0.05) is 13.5 Å². The van der Waals surface area contributed by atoms with Gasteiger partial charge in [0.2, 0.25) is 0 Å². The van der Waals surface area contributed by atoms with E-state index in [1.807, 2.05) is 13.8 Å². The third-order valence-electron chi connectivity index (χ3n) is 6.86. The molecule has 4 rings (SSSR count). The average molecular weight is 290 g/mol. The Bertz CT molecular complexity index is 567. The van der Waals surface area contributed by atoms with Crippen molar-refractivity contribution in [2.24, 2.45) is 28.6 Å². The molecule has 0 bridgehead atoms. The Morgan fingerprint density at radius 2 is 1.95 bits per heavy atom. The van der Waals surface area contributed by atoms with Crippen molar-refractivity contribution in [3.63, 3.8) is 0 Å². The Morgan fingerprint density at radius 1 is 1.24 bits per heavy atom. The second-order valence-corrected chi connectivity index (χ2v) is 7.70. The minimum absolute atomic E-state index is 0.0722. The lowest BCUT2D eigenvalue weighted by atomic mass is 9.65. The minimum atomic E-state index is -0.782. The first-order valence-corrected chi connectivity index (χ1v) is 7.91. The topological polar surface area (TPSA) is 52.6 Å². The number of ether oxygens (including phenoxy) is 2. The molecule has 0 N–H and O–H groups in total. The van der Waals surface area contributed by atoms with E-state index in [0.29, 0.717) is 24.0 Å². The molecule has 0 unspecified atom stereocenters. The molecule has 114 valence electrons. The summed E-state index contributed by atoms with van der Waals surface area (Å²) in [7, 11) is 0. The van der Waals surface area contributed by atoms with Crippen LogP contribution in [0.5, 0.6) is 0 Å². The largest absolute Gasteiger partial charge is 0.493 e.